The van der Waals surface area contributed by atoms with Crippen molar-refractivity contribution in [2.24, 2.45) is 0 Å². The van der Waals surface area contributed by atoms with E-state index in [1.54, 1.807) is 7.11 Å². The van der Waals surface area contributed by atoms with Gasteiger partial charge >= 0.3 is 0 Å². The number of anilines is 1. The van der Waals surface area contributed by atoms with Crippen molar-refractivity contribution in [1.29, 1.82) is 0 Å². The monoisotopic (exact) mass is 328 g/mol. The van der Waals surface area contributed by atoms with Crippen LogP contribution in [-0.4, -0.2) is 48.3 Å². The molecular weight excluding hydrogens is 308 g/mol. The highest BCUT2D eigenvalue weighted by Crippen LogP contribution is 2.22. The van der Waals surface area contributed by atoms with Crippen molar-refractivity contribution in [2.45, 2.75) is 18.6 Å². The molecule has 0 bridgehead atoms. The normalized spacial score (nSPS) is 20.5. The molecule has 24 heavy (non-hydrogen) atoms. The second-order valence-corrected chi connectivity index (χ2v) is 5.57. The summed E-state index contributed by atoms with van der Waals surface area (Å²) < 4.78 is 10.8. The van der Waals surface area contributed by atoms with Crippen LogP contribution in [0, 0.1) is 0 Å². The Morgan fingerprint density at radius 1 is 1.38 bits per heavy atom. The van der Waals surface area contributed by atoms with Gasteiger partial charge in [-0.05, 0) is 6.42 Å². The molecule has 0 spiro atoms. The zero-order valence-corrected chi connectivity index (χ0v) is 13.4. The van der Waals surface area contributed by atoms with Crippen LogP contribution in [0.25, 0.3) is 11.3 Å². The van der Waals surface area contributed by atoms with Crippen molar-refractivity contribution < 1.29 is 14.3 Å². The van der Waals surface area contributed by atoms with Gasteiger partial charge in [0.1, 0.15) is 6.10 Å². The van der Waals surface area contributed by atoms with Gasteiger partial charge in [-0.2, -0.15) is 0 Å². The molecule has 1 aliphatic heterocycles. The Balaban J connectivity index is 1.87. The highest BCUT2D eigenvalue weighted by Gasteiger charge is 2.28. The molecule has 1 fully saturated rings. The molecule has 2 atom stereocenters. The first-order valence-electron chi connectivity index (χ1n) is 7.78. The largest absolute Gasteiger partial charge is 0.379 e. The van der Waals surface area contributed by atoms with Crippen LogP contribution >= 0.6 is 0 Å². The Morgan fingerprint density at radius 3 is 2.92 bits per heavy atom. The van der Waals surface area contributed by atoms with Gasteiger partial charge in [0.2, 0.25) is 5.95 Å². The van der Waals surface area contributed by atoms with Gasteiger partial charge in [0.25, 0.3) is 5.91 Å². The lowest BCUT2D eigenvalue weighted by Crippen LogP contribution is -2.49. The highest BCUT2D eigenvalue weighted by molar-refractivity contribution is 6.00. The lowest BCUT2D eigenvalue weighted by atomic mass is 10.0. The lowest BCUT2D eigenvalue weighted by molar-refractivity contribution is -0.0479. The fourth-order valence-corrected chi connectivity index (χ4v) is 2.73. The standard InChI is InChI=1S/C17H20N4O3/c1-23-14-10-24-8-7-13(14)20-16(22)12-9-19-17(18)21-15(12)11-5-3-2-4-6-11/h2-6,9,13-14H,7-8,10H2,1H3,(H,20,22)(H2,18,19,21). The molecule has 3 rings (SSSR count). The molecule has 7 nitrogen and oxygen atoms in total. The van der Waals surface area contributed by atoms with Gasteiger partial charge in [0.15, 0.2) is 0 Å². The van der Waals surface area contributed by atoms with Crippen LogP contribution in [0.1, 0.15) is 16.8 Å². The Hall–Kier alpha value is -2.51. The molecule has 1 saturated heterocycles. The first kappa shape index (κ1) is 16.4. The molecule has 0 aliphatic carbocycles. The topological polar surface area (TPSA) is 99.4 Å². The first-order chi connectivity index (χ1) is 11.7. The van der Waals surface area contributed by atoms with Crippen LogP contribution < -0.4 is 11.1 Å². The Morgan fingerprint density at radius 2 is 2.17 bits per heavy atom. The number of amides is 1. The quantitative estimate of drug-likeness (QED) is 0.876. The zero-order valence-electron chi connectivity index (χ0n) is 13.4. The van der Waals surface area contributed by atoms with E-state index < -0.39 is 0 Å². The smallest absolute Gasteiger partial charge is 0.255 e. The second kappa shape index (κ2) is 7.37. The summed E-state index contributed by atoms with van der Waals surface area (Å²) >= 11 is 0. The summed E-state index contributed by atoms with van der Waals surface area (Å²) in [6.45, 7) is 1.06. The average Bonchev–Trinajstić information content (AvgIpc) is 2.62. The summed E-state index contributed by atoms with van der Waals surface area (Å²) in [6.07, 6.45) is 1.99. The Bertz CT molecular complexity index is 708. The highest BCUT2D eigenvalue weighted by atomic mass is 16.5. The van der Waals surface area contributed by atoms with Crippen molar-refractivity contribution >= 4 is 11.9 Å². The summed E-state index contributed by atoms with van der Waals surface area (Å²) in [7, 11) is 1.61. The van der Waals surface area contributed by atoms with E-state index in [0.29, 0.717) is 30.9 Å². The molecule has 1 aromatic carbocycles. The minimum absolute atomic E-state index is 0.113. The summed E-state index contributed by atoms with van der Waals surface area (Å²) in [4.78, 5) is 21.0. The lowest BCUT2D eigenvalue weighted by Gasteiger charge is -2.31. The fraction of sp³-hybridized carbons (Fsp3) is 0.353. The predicted molar refractivity (Wildman–Crippen MR) is 89.4 cm³/mol. The molecule has 2 aromatic rings. The maximum atomic E-state index is 12.8. The summed E-state index contributed by atoms with van der Waals surface area (Å²) in [5.41, 5.74) is 7.42. The number of methoxy groups -OCH3 is 1. The van der Waals surface area contributed by atoms with Gasteiger partial charge < -0.3 is 20.5 Å². The van der Waals surface area contributed by atoms with Crippen molar-refractivity contribution in [2.75, 3.05) is 26.1 Å². The number of nitrogens with one attached hydrogen (secondary N) is 1. The number of rotatable bonds is 4. The van der Waals surface area contributed by atoms with E-state index in [2.05, 4.69) is 15.3 Å². The average molecular weight is 328 g/mol. The molecule has 3 N–H and O–H groups in total. The summed E-state index contributed by atoms with van der Waals surface area (Å²) in [5, 5.41) is 3.00. The third-order valence-corrected chi connectivity index (χ3v) is 4.02. The van der Waals surface area contributed by atoms with Crippen LogP contribution in [0.2, 0.25) is 0 Å². The fourth-order valence-electron chi connectivity index (χ4n) is 2.73. The molecule has 1 aliphatic rings. The van der Waals surface area contributed by atoms with Crippen LogP contribution in [-0.2, 0) is 9.47 Å². The number of nitrogens with zero attached hydrogens (tertiary/aromatic N) is 2. The third-order valence-electron chi connectivity index (χ3n) is 4.02. The molecule has 1 amide bonds. The molecule has 2 heterocycles. The molecule has 126 valence electrons. The van der Waals surface area contributed by atoms with E-state index in [1.807, 2.05) is 30.3 Å². The van der Waals surface area contributed by atoms with E-state index in [0.717, 1.165) is 5.56 Å². The Kier molecular flexibility index (Phi) is 5.02. The van der Waals surface area contributed by atoms with Gasteiger partial charge in [-0.15, -0.1) is 0 Å². The van der Waals surface area contributed by atoms with E-state index >= 15 is 0 Å². The number of nitrogen functional groups attached to an aromatic ring is 1. The SMILES string of the molecule is COC1COCCC1NC(=O)c1cnc(N)nc1-c1ccccc1. The molecule has 0 saturated carbocycles. The predicted octanol–water partition coefficient (Wildman–Crippen LogP) is 1.26. The minimum Gasteiger partial charge on any atom is -0.379 e. The molecule has 7 heteroatoms. The molecule has 0 radical (unpaired) electrons. The van der Waals surface area contributed by atoms with Gasteiger partial charge in [-0.25, -0.2) is 9.97 Å². The summed E-state index contributed by atoms with van der Waals surface area (Å²) in [6, 6.07) is 9.32. The number of aromatic nitrogens is 2. The number of nitrogens with two attached hydrogens (primary N) is 1. The van der Waals surface area contributed by atoms with E-state index in [1.165, 1.54) is 6.20 Å². The number of carbonyl (C=O) groups excluding carboxylic acids is 1. The maximum Gasteiger partial charge on any atom is 0.255 e. The zero-order chi connectivity index (χ0) is 16.9. The minimum atomic E-state index is -0.247. The van der Waals surface area contributed by atoms with Crippen molar-refractivity contribution in [3.05, 3.63) is 42.1 Å². The van der Waals surface area contributed by atoms with Crippen molar-refractivity contribution in [3.63, 3.8) is 0 Å². The summed E-state index contributed by atoms with van der Waals surface area (Å²) in [5.74, 6) is -0.117. The van der Waals surface area contributed by atoms with Crippen LogP contribution in [0.15, 0.2) is 36.5 Å². The van der Waals surface area contributed by atoms with Gasteiger partial charge in [0.05, 0.1) is 23.9 Å². The van der Waals surface area contributed by atoms with Gasteiger partial charge in [-0.3, -0.25) is 4.79 Å². The van der Waals surface area contributed by atoms with Crippen LogP contribution in [0.4, 0.5) is 5.95 Å². The number of hydrogen-bond donors (Lipinski definition) is 2. The first-order valence-corrected chi connectivity index (χ1v) is 7.78. The third kappa shape index (κ3) is 3.52. The maximum absolute atomic E-state index is 12.8. The number of carbonyl (C=O) groups is 1. The second-order valence-electron chi connectivity index (χ2n) is 5.57. The van der Waals surface area contributed by atoms with E-state index in [-0.39, 0.29) is 24.0 Å². The Labute approximate surface area is 140 Å². The van der Waals surface area contributed by atoms with E-state index in [9.17, 15) is 4.79 Å². The number of benzene rings is 1. The molecular formula is C17H20N4O3. The van der Waals surface area contributed by atoms with Crippen LogP contribution in [0.5, 0.6) is 0 Å². The number of hydrogen-bond acceptors (Lipinski definition) is 6. The van der Waals surface area contributed by atoms with Crippen LogP contribution in [0.3, 0.4) is 0 Å². The van der Waals surface area contributed by atoms with E-state index in [4.69, 9.17) is 15.2 Å². The molecule has 2 unspecified atom stereocenters. The van der Waals surface area contributed by atoms with Gasteiger partial charge in [-0.1, -0.05) is 30.3 Å². The number of ether oxygens (including phenoxy) is 2. The van der Waals surface area contributed by atoms with Crippen molar-refractivity contribution in [3.8, 4) is 11.3 Å². The molecule has 1 aromatic heterocycles. The van der Waals surface area contributed by atoms with Crippen molar-refractivity contribution in [1.82, 2.24) is 15.3 Å². The van der Waals surface area contributed by atoms with Gasteiger partial charge in [0, 0.05) is 25.5 Å².